The Kier molecular flexibility index (Phi) is 8.08. The molecular weight excluding hydrogens is 322 g/mol. The molecule has 0 amide bonds. The topological polar surface area (TPSA) is 83.7 Å². The molecule has 3 unspecified atom stereocenters. The molecule has 1 aromatic rings. The molecule has 7 heteroatoms. The van der Waals surface area contributed by atoms with E-state index < -0.39 is 5.23 Å². The molecule has 25 heavy (non-hydrogen) atoms. The van der Waals surface area contributed by atoms with Crippen molar-refractivity contribution in [3.63, 3.8) is 0 Å². The van der Waals surface area contributed by atoms with Crippen LogP contribution in [0, 0.1) is 5.21 Å². The summed E-state index contributed by atoms with van der Waals surface area (Å²) in [5.41, 5.74) is 0.291. The zero-order valence-corrected chi connectivity index (χ0v) is 15.2. The highest BCUT2D eigenvalue weighted by molar-refractivity contribution is 5.35. The van der Waals surface area contributed by atoms with Gasteiger partial charge >= 0.3 is 0 Å². The number of aliphatic hydroxyl groups excluding tert-OH is 1. The first-order chi connectivity index (χ1) is 12.0. The summed E-state index contributed by atoms with van der Waals surface area (Å²) in [6.07, 6.45) is 2.18. The van der Waals surface area contributed by atoms with Gasteiger partial charge in [-0.2, -0.15) is 5.23 Å². The minimum absolute atomic E-state index is 0.0463. The average Bonchev–Trinajstić information content (AvgIpc) is 3.24. The fourth-order valence-electron chi connectivity index (χ4n) is 3.15. The number of nitrogens with one attached hydrogen (secondary N) is 1. The van der Waals surface area contributed by atoms with Crippen LogP contribution in [-0.4, -0.2) is 71.6 Å². The third-order valence-corrected chi connectivity index (χ3v) is 4.78. The number of hydrogen-bond donors (Lipinski definition) is 3. The van der Waals surface area contributed by atoms with Gasteiger partial charge in [-0.3, -0.25) is 4.90 Å². The first kappa shape index (κ1) is 20.1. The third-order valence-electron chi connectivity index (χ3n) is 4.78. The summed E-state index contributed by atoms with van der Waals surface area (Å²) in [4.78, 5) is 4.60. The van der Waals surface area contributed by atoms with Gasteiger partial charge in [-0.1, -0.05) is 13.8 Å². The summed E-state index contributed by atoms with van der Waals surface area (Å²) in [5, 5.41) is 27.6. The van der Waals surface area contributed by atoms with Crippen molar-refractivity contribution in [2.45, 2.75) is 38.9 Å². The lowest BCUT2D eigenvalue weighted by molar-refractivity contribution is -0.991. The minimum atomic E-state index is -0.908. The Hall–Kier alpha value is -1.22. The number of β-amino-alcohol motifs (C(OH)–C–C–N with tert-alkyl or cyclic N) is 1. The van der Waals surface area contributed by atoms with Crippen LogP contribution in [0.25, 0.3) is 0 Å². The predicted octanol–water partition coefficient (Wildman–Crippen LogP) is 0.636. The van der Waals surface area contributed by atoms with E-state index in [0.29, 0.717) is 5.69 Å². The molecule has 2 fully saturated rings. The zero-order chi connectivity index (χ0) is 18.2. The zero-order valence-electron chi connectivity index (χ0n) is 15.2. The second-order valence-corrected chi connectivity index (χ2v) is 6.59. The van der Waals surface area contributed by atoms with Gasteiger partial charge in [0.2, 0.25) is 0 Å². The number of likely N-dealkylation sites (tertiary alicyclic amines) is 2. The van der Waals surface area contributed by atoms with Crippen molar-refractivity contribution in [3.05, 3.63) is 29.5 Å². The fourth-order valence-corrected chi connectivity index (χ4v) is 3.15. The maximum absolute atomic E-state index is 10.7. The summed E-state index contributed by atoms with van der Waals surface area (Å²) in [6.45, 7) is 10.4. The number of hydrogen-bond acceptors (Lipinski definition) is 6. The second-order valence-electron chi connectivity index (χ2n) is 6.59. The smallest absolute Gasteiger partial charge is 0.164 e. The monoisotopic (exact) mass is 353 g/mol. The lowest BCUT2D eigenvalue weighted by atomic mass is 10.3. The van der Waals surface area contributed by atoms with Gasteiger partial charge in [0.15, 0.2) is 5.69 Å². The quantitative estimate of drug-likeness (QED) is 0.674. The second kappa shape index (κ2) is 10.1. The van der Waals surface area contributed by atoms with E-state index in [1.54, 1.807) is 24.3 Å². The molecule has 1 aromatic carbocycles. The molecule has 2 aliphatic rings. The van der Waals surface area contributed by atoms with Gasteiger partial charge in [0.05, 0.1) is 6.10 Å². The van der Waals surface area contributed by atoms with E-state index in [9.17, 15) is 5.21 Å². The highest BCUT2D eigenvalue weighted by Crippen LogP contribution is 2.19. The summed E-state index contributed by atoms with van der Waals surface area (Å²) < 4.78 is 5.81. The summed E-state index contributed by atoms with van der Waals surface area (Å²) in [5.74, 6) is 0.748. The molecule has 7 nitrogen and oxygen atoms in total. The predicted molar refractivity (Wildman–Crippen MR) is 96.1 cm³/mol. The largest absolute Gasteiger partial charge is 0.595 e. The van der Waals surface area contributed by atoms with Gasteiger partial charge in [0, 0.05) is 38.3 Å². The van der Waals surface area contributed by atoms with Crippen LogP contribution in [0.4, 0.5) is 5.69 Å². The van der Waals surface area contributed by atoms with Crippen molar-refractivity contribution in [1.82, 2.24) is 9.80 Å². The highest BCUT2D eigenvalue weighted by atomic mass is 16.8. The lowest BCUT2D eigenvalue weighted by Gasteiger charge is -2.16. The summed E-state index contributed by atoms with van der Waals surface area (Å²) >= 11 is 0. The van der Waals surface area contributed by atoms with Crippen LogP contribution in [0.15, 0.2) is 24.3 Å². The fraction of sp³-hybridized carbons (Fsp3) is 0.667. The van der Waals surface area contributed by atoms with Crippen molar-refractivity contribution in [2.24, 2.45) is 0 Å². The van der Waals surface area contributed by atoms with Gasteiger partial charge in [-0.25, -0.2) is 5.21 Å². The number of likely N-dealkylation sites (N-methyl/N-ethyl adjacent to an activating group) is 2. The maximum atomic E-state index is 10.7. The molecule has 2 aliphatic heterocycles. The van der Waals surface area contributed by atoms with Crippen LogP contribution >= 0.6 is 0 Å². The first-order valence-corrected chi connectivity index (χ1v) is 9.14. The maximum Gasteiger partial charge on any atom is 0.164 e. The highest BCUT2D eigenvalue weighted by Gasteiger charge is 2.22. The molecule has 3 rings (SSSR count). The van der Waals surface area contributed by atoms with E-state index >= 15 is 0 Å². The van der Waals surface area contributed by atoms with Crippen LogP contribution in [0.3, 0.4) is 0 Å². The molecular formula is C18H31N3O4. The molecule has 2 saturated heterocycles. The Morgan fingerprint density at radius 3 is 2.12 bits per heavy atom. The molecule has 142 valence electrons. The Labute approximate surface area is 149 Å². The van der Waals surface area contributed by atoms with E-state index in [1.807, 2.05) is 0 Å². The van der Waals surface area contributed by atoms with Gasteiger partial charge in [0.1, 0.15) is 11.9 Å². The minimum Gasteiger partial charge on any atom is -0.595 e. The van der Waals surface area contributed by atoms with E-state index in [4.69, 9.17) is 15.1 Å². The van der Waals surface area contributed by atoms with Crippen molar-refractivity contribution in [1.29, 1.82) is 0 Å². The Morgan fingerprint density at radius 2 is 1.68 bits per heavy atom. The molecule has 0 radical (unpaired) electrons. The van der Waals surface area contributed by atoms with E-state index in [1.165, 1.54) is 0 Å². The number of ether oxygens (including phenoxy) is 1. The molecule has 3 N–H and O–H groups in total. The molecule has 0 spiro atoms. The number of benzene rings is 1. The first-order valence-electron chi connectivity index (χ1n) is 9.14. The van der Waals surface area contributed by atoms with Crippen LogP contribution < -0.4 is 9.96 Å². The van der Waals surface area contributed by atoms with Crippen molar-refractivity contribution < 1.29 is 20.3 Å². The normalized spacial score (nSPS) is 25.5. The molecule has 0 bridgehead atoms. The van der Waals surface area contributed by atoms with Crippen LogP contribution in [-0.2, 0) is 0 Å². The van der Waals surface area contributed by atoms with Gasteiger partial charge in [0.25, 0.3) is 0 Å². The Bertz CT molecular complexity index is 498. The van der Waals surface area contributed by atoms with Crippen LogP contribution in [0.5, 0.6) is 5.75 Å². The lowest BCUT2D eigenvalue weighted by Crippen LogP contribution is -2.99. The number of quaternary nitrogens is 1. The van der Waals surface area contributed by atoms with E-state index in [-0.39, 0.29) is 12.2 Å². The van der Waals surface area contributed by atoms with Crippen LogP contribution in [0.1, 0.15) is 26.7 Å². The molecule has 2 heterocycles. The number of nitrogens with zero attached hydrogens (tertiary/aromatic N) is 2. The van der Waals surface area contributed by atoms with Crippen LogP contribution in [0.2, 0.25) is 0 Å². The van der Waals surface area contributed by atoms with Crippen molar-refractivity contribution in [2.75, 3.05) is 39.3 Å². The summed E-state index contributed by atoms with van der Waals surface area (Å²) in [7, 11) is 0. The third kappa shape index (κ3) is 6.54. The molecule has 0 aliphatic carbocycles. The van der Waals surface area contributed by atoms with E-state index in [0.717, 1.165) is 57.9 Å². The Morgan fingerprint density at radius 1 is 1.08 bits per heavy atom. The molecule has 3 atom stereocenters. The van der Waals surface area contributed by atoms with Gasteiger partial charge in [-0.15, -0.1) is 0 Å². The van der Waals surface area contributed by atoms with E-state index in [2.05, 4.69) is 23.6 Å². The van der Waals surface area contributed by atoms with Gasteiger partial charge < -0.3 is 20.0 Å². The van der Waals surface area contributed by atoms with Crippen molar-refractivity contribution >= 4 is 5.69 Å². The number of aliphatic hydroxyl groups is 1. The molecule has 0 saturated carbocycles. The van der Waals surface area contributed by atoms with Crippen molar-refractivity contribution in [3.8, 4) is 5.75 Å². The standard InChI is InChI=1S/C12H18N2O3.C6H13NO/c1-2-13-8-7-12(9-13)17-11-5-3-10(4-6-11)14(15)16;1-2-7-4-3-6(8)5-7/h3-6,12,14-15H,2,7-9H2,1H3;6,8H,2-5H2,1H3. The SMILES string of the molecule is CCN1CCC(O)C1.CCN1CCC(Oc2ccc([NH+]([O-])O)cc2)C1. The average molecular weight is 353 g/mol. The molecule has 0 aromatic heterocycles. The van der Waals surface area contributed by atoms with Gasteiger partial charge in [-0.05, 0) is 38.1 Å². The summed E-state index contributed by atoms with van der Waals surface area (Å²) in [6, 6.07) is 6.59. The number of rotatable bonds is 5. The Balaban J connectivity index is 0.000000236.